The molecule has 0 radical (unpaired) electrons. The van der Waals surface area contributed by atoms with Crippen molar-refractivity contribution in [2.24, 2.45) is 0 Å². The number of carbonyl (C=O) groups is 2. The molecule has 4 aliphatic rings. The molecule has 0 N–H and O–H groups in total. The molecule has 338 valence electrons. The van der Waals surface area contributed by atoms with Crippen molar-refractivity contribution in [3.8, 4) is 0 Å². The smallest absolute Gasteiger partial charge is 0.167 e. The summed E-state index contributed by atoms with van der Waals surface area (Å²) in [4.78, 5) is 41.4. The van der Waals surface area contributed by atoms with E-state index in [9.17, 15) is 9.59 Å². The first kappa shape index (κ1) is 49.8. The Bertz CT molecular complexity index is 1170. The van der Waals surface area contributed by atoms with Crippen molar-refractivity contribution >= 4 is 11.6 Å². The van der Waals surface area contributed by atoms with Crippen LogP contribution in [-0.2, 0) is 28.7 Å². The number of ketones is 2. The topological polar surface area (TPSA) is 77.5 Å². The predicted molar refractivity (Wildman–Crippen MR) is 238 cm³/mol. The summed E-state index contributed by atoms with van der Waals surface area (Å²) < 4.78 is 14.1. The lowest BCUT2D eigenvalue weighted by Crippen LogP contribution is -2.67. The molecule has 4 aliphatic heterocycles. The monoisotopic (exact) mass is 817 g/mol. The van der Waals surface area contributed by atoms with E-state index in [1.165, 1.54) is 103 Å². The predicted octanol–water partition coefficient (Wildman–Crippen LogP) is 13.0. The van der Waals surface area contributed by atoms with Crippen LogP contribution < -0.4 is 0 Å². The van der Waals surface area contributed by atoms with E-state index in [1.54, 1.807) is 0 Å². The van der Waals surface area contributed by atoms with E-state index in [4.69, 9.17) is 19.1 Å². The van der Waals surface area contributed by atoms with Gasteiger partial charge in [-0.1, -0.05) is 117 Å². The van der Waals surface area contributed by atoms with Gasteiger partial charge in [-0.15, -0.1) is 0 Å². The SMILES string of the molecule is CCCCCCCCCCCON1C(C)(C)CC2(CC1(C)C)OC(C)(CCC1(C)CC(=O)C3(CC(C)(C)N(OCCCCCCCCCCC)C(C)(C)C3)O1)CC2=O. The van der Waals surface area contributed by atoms with E-state index in [0.717, 1.165) is 12.8 Å². The van der Waals surface area contributed by atoms with Crippen LogP contribution >= 0.6 is 0 Å². The minimum absolute atomic E-state index is 0.207. The molecular weight excluding hydrogens is 725 g/mol. The van der Waals surface area contributed by atoms with Crippen molar-refractivity contribution in [3.05, 3.63) is 0 Å². The lowest BCUT2D eigenvalue weighted by atomic mass is 9.70. The molecule has 0 amide bonds. The molecule has 0 aromatic heterocycles. The van der Waals surface area contributed by atoms with Crippen molar-refractivity contribution in [1.29, 1.82) is 0 Å². The summed E-state index contributed by atoms with van der Waals surface area (Å²) in [5, 5.41) is 4.36. The van der Waals surface area contributed by atoms with Crippen LogP contribution in [0.5, 0.6) is 0 Å². The first-order valence-electron chi connectivity index (χ1n) is 24.4. The lowest BCUT2D eigenvalue weighted by molar-refractivity contribution is -0.310. The highest BCUT2D eigenvalue weighted by Gasteiger charge is 2.65. The van der Waals surface area contributed by atoms with Gasteiger partial charge in [0.2, 0.25) is 0 Å². The molecule has 0 aliphatic carbocycles. The van der Waals surface area contributed by atoms with Crippen molar-refractivity contribution in [3.63, 3.8) is 0 Å². The van der Waals surface area contributed by atoms with E-state index in [0.29, 0.717) is 64.6 Å². The van der Waals surface area contributed by atoms with Crippen molar-refractivity contribution in [2.75, 3.05) is 13.2 Å². The van der Waals surface area contributed by atoms with E-state index < -0.39 is 22.4 Å². The number of piperidine rings is 2. The summed E-state index contributed by atoms with van der Waals surface area (Å²) in [6.07, 6.45) is 27.7. The Labute approximate surface area is 357 Å². The van der Waals surface area contributed by atoms with Crippen LogP contribution in [0.2, 0.25) is 0 Å². The third-order valence-corrected chi connectivity index (χ3v) is 14.2. The fourth-order valence-electron chi connectivity index (χ4n) is 12.2. The van der Waals surface area contributed by atoms with Crippen molar-refractivity contribution in [2.45, 2.75) is 295 Å². The van der Waals surface area contributed by atoms with Crippen LogP contribution in [-0.4, -0.2) is 79.5 Å². The van der Waals surface area contributed by atoms with Gasteiger partial charge in [-0.3, -0.25) is 19.3 Å². The van der Waals surface area contributed by atoms with E-state index in [1.807, 2.05) is 0 Å². The average Bonchev–Trinajstić information content (AvgIpc) is 3.47. The van der Waals surface area contributed by atoms with E-state index >= 15 is 0 Å². The third-order valence-electron chi connectivity index (χ3n) is 14.2. The molecule has 4 fully saturated rings. The van der Waals surface area contributed by atoms with Gasteiger partial charge < -0.3 is 9.47 Å². The third kappa shape index (κ3) is 12.8. The Morgan fingerprint density at radius 3 is 0.966 bits per heavy atom. The molecule has 2 spiro atoms. The lowest BCUT2D eigenvalue weighted by Gasteiger charge is -2.57. The zero-order valence-corrected chi connectivity index (χ0v) is 40.1. The van der Waals surface area contributed by atoms with Crippen LogP contribution in [0.25, 0.3) is 0 Å². The molecule has 0 bridgehead atoms. The van der Waals surface area contributed by atoms with Gasteiger partial charge in [0, 0.05) is 60.7 Å². The van der Waals surface area contributed by atoms with Crippen LogP contribution in [0, 0.1) is 0 Å². The summed E-state index contributed by atoms with van der Waals surface area (Å²) in [7, 11) is 0. The average molecular weight is 817 g/mol. The first-order chi connectivity index (χ1) is 27.1. The van der Waals surface area contributed by atoms with Gasteiger partial charge in [0.05, 0.1) is 24.4 Å². The standard InChI is InChI=1S/C50H92N2O6/c1-13-15-17-19-21-23-25-27-29-33-55-51-43(3,4)37-49(38-44(51,5)6)41(53)35-47(11,57-49)31-32-48(12)36-42(54)50(58-48)39-45(7,8)52(46(9,10)40-50)56-34-30-28-26-24-22-20-18-16-14-2/h13-40H2,1-12H3. The van der Waals surface area contributed by atoms with Gasteiger partial charge >= 0.3 is 0 Å². The van der Waals surface area contributed by atoms with Crippen LogP contribution in [0.4, 0.5) is 0 Å². The summed E-state index contributed by atoms with van der Waals surface area (Å²) in [5.74, 6) is 0.413. The summed E-state index contributed by atoms with van der Waals surface area (Å²) in [6, 6.07) is 0. The van der Waals surface area contributed by atoms with Gasteiger partial charge in [0.1, 0.15) is 11.2 Å². The molecule has 0 aromatic carbocycles. The van der Waals surface area contributed by atoms with E-state index in [2.05, 4.69) is 93.2 Å². The highest BCUT2D eigenvalue weighted by atomic mass is 16.7. The molecule has 8 nitrogen and oxygen atoms in total. The molecule has 2 unspecified atom stereocenters. The van der Waals surface area contributed by atoms with Crippen LogP contribution in [0.15, 0.2) is 0 Å². The number of carbonyl (C=O) groups excluding carboxylic acids is 2. The Hall–Kier alpha value is -0.900. The number of hydroxylamine groups is 4. The zero-order chi connectivity index (χ0) is 42.9. The Morgan fingerprint density at radius 2 is 0.690 bits per heavy atom. The summed E-state index contributed by atoms with van der Waals surface area (Å²) in [5.41, 5.74) is -4.39. The highest BCUT2D eigenvalue weighted by Crippen LogP contribution is 2.55. The molecule has 0 aromatic rings. The number of rotatable bonds is 25. The maximum atomic E-state index is 14.1. The number of hydrogen-bond acceptors (Lipinski definition) is 8. The number of Topliss-reactive ketones (excluding diaryl/α,β-unsaturated/α-hetero) is 2. The number of ether oxygens (including phenoxy) is 2. The molecule has 4 heterocycles. The van der Waals surface area contributed by atoms with Crippen LogP contribution in [0.3, 0.4) is 0 Å². The number of nitrogens with zero attached hydrogens (tertiary/aromatic N) is 2. The molecule has 0 saturated carbocycles. The second-order valence-corrected chi connectivity index (χ2v) is 22.7. The fraction of sp³-hybridized carbons (Fsp3) is 0.960. The Balaban J connectivity index is 1.28. The largest absolute Gasteiger partial charge is 0.360 e. The highest BCUT2D eigenvalue weighted by molar-refractivity contribution is 5.91. The zero-order valence-electron chi connectivity index (χ0n) is 40.1. The molecule has 4 saturated heterocycles. The van der Waals surface area contributed by atoms with Gasteiger partial charge in [0.15, 0.2) is 11.6 Å². The van der Waals surface area contributed by atoms with Gasteiger partial charge in [0.25, 0.3) is 0 Å². The quantitative estimate of drug-likeness (QED) is 0.0843. The Kier molecular flexibility index (Phi) is 17.6. The summed E-state index contributed by atoms with van der Waals surface area (Å²) >= 11 is 0. The Morgan fingerprint density at radius 1 is 0.431 bits per heavy atom. The first-order valence-corrected chi connectivity index (χ1v) is 24.4. The van der Waals surface area contributed by atoms with Gasteiger partial charge in [-0.25, -0.2) is 0 Å². The number of hydrogen-bond donors (Lipinski definition) is 0. The fourth-order valence-corrected chi connectivity index (χ4v) is 12.2. The number of unbranched alkanes of at least 4 members (excludes halogenated alkanes) is 16. The molecular formula is C50H92N2O6. The second kappa shape index (κ2) is 20.5. The maximum absolute atomic E-state index is 14.1. The van der Waals surface area contributed by atoms with Gasteiger partial charge in [-0.2, -0.15) is 10.1 Å². The maximum Gasteiger partial charge on any atom is 0.167 e. The van der Waals surface area contributed by atoms with Gasteiger partial charge in [-0.05, 0) is 94.9 Å². The molecule has 8 heteroatoms. The van der Waals surface area contributed by atoms with Crippen molar-refractivity contribution < 1.29 is 28.7 Å². The minimum Gasteiger partial charge on any atom is -0.360 e. The second-order valence-electron chi connectivity index (χ2n) is 22.7. The molecule has 2 atom stereocenters. The van der Waals surface area contributed by atoms with Crippen molar-refractivity contribution in [1.82, 2.24) is 10.1 Å². The normalized spacial score (nSPS) is 28.6. The van der Waals surface area contributed by atoms with Crippen LogP contribution in [0.1, 0.15) is 250 Å². The minimum atomic E-state index is -0.844. The van der Waals surface area contributed by atoms with E-state index in [-0.39, 0.29) is 33.7 Å². The molecule has 4 rings (SSSR count). The molecule has 58 heavy (non-hydrogen) atoms. The summed E-state index contributed by atoms with van der Waals surface area (Å²) in [6.45, 7) is 27.8.